The van der Waals surface area contributed by atoms with E-state index in [0.29, 0.717) is 15.6 Å². The van der Waals surface area contributed by atoms with Gasteiger partial charge in [-0.1, -0.05) is 23.2 Å². The molecular weight excluding hydrogens is 199 g/mol. The van der Waals surface area contributed by atoms with Crippen LogP contribution in [-0.4, -0.2) is 16.7 Å². The summed E-state index contributed by atoms with van der Waals surface area (Å²) in [5.74, 6) is 0. The lowest BCUT2D eigenvalue weighted by atomic mass is 10.1. The summed E-state index contributed by atoms with van der Waals surface area (Å²) < 4.78 is 0. The van der Waals surface area contributed by atoms with Crippen molar-refractivity contribution < 1.29 is 5.11 Å². The number of hydrogen-bond acceptors (Lipinski definition) is 3. The van der Waals surface area contributed by atoms with E-state index < -0.39 is 6.04 Å². The second-order valence-corrected chi connectivity index (χ2v) is 3.12. The molecule has 5 heteroatoms. The molecule has 0 aliphatic carbocycles. The zero-order valence-corrected chi connectivity index (χ0v) is 7.68. The van der Waals surface area contributed by atoms with E-state index in [-0.39, 0.29) is 6.61 Å². The van der Waals surface area contributed by atoms with Crippen molar-refractivity contribution in [3.63, 3.8) is 0 Å². The number of aromatic nitrogens is 1. The number of nitrogens with two attached hydrogens (primary N) is 1. The number of rotatable bonds is 2. The Morgan fingerprint density at radius 2 is 1.92 bits per heavy atom. The molecule has 0 saturated heterocycles. The number of nitrogens with zero attached hydrogens (tertiary/aromatic N) is 1. The maximum absolute atomic E-state index is 8.77. The third-order valence-electron chi connectivity index (χ3n) is 1.46. The summed E-state index contributed by atoms with van der Waals surface area (Å²) >= 11 is 11.5. The topological polar surface area (TPSA) is 59.1 Å². The Hall–Kier alpha value is -0.350. The third-order valence-corrected chi connectivity index (χ3v) is 2.06. The Morgan fingerprint density at radius 1 is 1.42 bits per heavy atom. The molecule has 66 valence electrons. The van der Waals surface area contributed by atoms with Crippen molar-refractivity contribution in [2.75, 3.05) is 6.61 Å². The molecule has 0 fully saturated rings. The Labute approximate surface area is 80.1 Å². The maximum Gasteiger partial charge on any atom is 0.0652 e. The predicted molar refractivity (Wildman–Crippen MR) is 48.3 cm³/mol. The van der Waals surface area contributed by atoms with Gasteiger partial charge in [0.25, 0.3) is 0 Å². The first-order valence-electron chi connectivity index (χ1n) is 3.32. The SMILES string of the molecule is NC(CO)c1c(Cl)cncc1Cl. The molecular formula is C7H8Cl2N2O. The van der Waals surface area contributed by atoms with Crippen LogP contribution in [0.25, 0.3) is 0 Å². The summed E-state index contributed by atoms with van der Waals surface area (Å²) in [5.41, 5.74) is 6.09. The van der Waals surface area contributed by atoms with Gasteiger partial charge in [-0.3, -0.25) is 4.98 Å². The van der Waals surface area contributed by atoms with Crippen LogP contribution in [0.2, 0.25) is 10.0 Å². The number of aliphatic hydroxyl groups is 1. The molecule has 0 amide bonds. The van der Waals surface area contributed by atoms with E-state index in [4.69, 9.17) is 34.0 Å². The monoisotopic (exact) mass is 206 g/mol. The van der Waals surface area contributed by atoms with Gasteiger partial charge in [0.2, 0.25) is 0 Å². The summed E-state index contributed by atoms with van der Waals surface area (Å²) in [6.07, 6.45) is 2.89. The lowest BCUT2D eigenvalue weighted by molar-refractivity contribution is 0.268. The van der Waals surface area contributed by atoms with Gasteiger partial charge in [-0.2, -0.15) is 0 Å². The largest absolute Gasteiger partial charge is 0.394 e. The van der Waals surface area contributed by atoms with E-state index in [1.54, 1.807) is 0 Å². The molecule has 0 aliphatic rings. The zero-order valence-electron chi connectivity index (χ0n) is 6.17. The minimum atomic E-state index is -0.548. The Morgan fingerprint density at radius 3 is 2.33 bits per heavy atom. The third kappa shape index (κ3) is 1.87. The van der Waals surface area contributed by atoms with Gasteiger partial charge in [0.1, 0.15) is 0 Å². The molecule has 0 aliphatic heterocycles. The highest BCUT2D eigenvalue weighted by atomic mass is 35.5. The van der Waals surface area contributed by atoms with Gasteiger partial charge >= 0.3 is 0 Å². The predicted octanol–water partition coefficient (Wildman–Crippen LogP) is 1.38. The van der Waals surface area contributed by atoms with Crippen LogP contribution in [0.4, 0.5) is 0 Å². The van der Waals surface area contributed by atoms with E-state index in [0.717, 1.165) is 0 Å². The van der Waals surface area contributed by atoms with E-state index in [9.17, 15) is 0 Å². The van der Waals surface area contributed by atoms with E-state index in [1.165, 1.54) is 12.4 Å². The molecule has 0 bridgehead atoms. The summed E-state index contributed by atoms with van der Waals surface area (Å²) in [5, 5.41) is 9.53. The molecule has 3 nitrogen and oxygen atoms in total. The van der Waals surface area contributed by atoms with E-state index >= 15 is 0 Å². The summed E-state index contributed by atoms with van der Waals surface area (Å²) in [4.78, 5) is 3.76. The van der Waals surface area contributed by atoms with Crippen molar-refractivity contribution in [3.05, 3.63) is 28.0 Å². The van der Waals surface area contributed by atoms with Crippen molar-refractivity contribution in [1.82, 2.24) is 4.98 Å². The maximum atomic E-state index is 8.77. The van der Waals surface area contributed by atoms with Gasteiger partial charge in [0.05, 0.1) is 22.7 Å². The Bertz CT molecular complexity index is 260. The summed E-state index contributed by atoms with van der Waals surface area (Å²) in [7, 11) is 0. The molecule has 12 heavy (non-hydrogen) atoms. The van der Waals surface area contributed by atoms with E-state index in [2.05, 4.69) is 4.98 Å². The van der Waals surface area contributed by atoms with Crippen LogP contribution in [0.5, 0.6) is 0 Å². The molecule has 1 heterocycles. The van der Waals surface area contributed by atoms with Crippen molar-refractivity contribution in [2.45, 2.75) is 6.04 Å². The minimum Gasteiger partial charge on any atom is -0.394 e. The lowest BCUT2D eigenvalue weighted by Crippen LogP contribution is -2.15. The fourth-order valence-electron chi connectivity index (χ4n) is 0.867. The summed E-state index contributed by atoms with van der Waals surface area (Å²) in [6.45, 7) is -0.191. The average molecular weight is 207 g/mol. The average Bonchev–Trinajstić information content (AvgIpc) is 2.03. The van der Waals surface area contributed by atoms with Gasteiger partial charge in [-0.25, -0.2) is 0 Å². The normalized spacial score (nSPS) is 13.0. The fourth-order valence-corrected chi connectivity index (χ4v) is 1.51. The first kappa shape index (κ1) is 9.74. The molecule has 1 aromatic heterocycles. The van der Waals surface area contributed by atoms with Crippen molar-refractivity contribution in [1.29, 1.82) is 0 Å². The van der Waals surface area contributed by atoms with Crippen LogP contribution in [0.15, 0.2) is 12.4 Å². The second-order valence-electron chi connectivity index (χ2n) is 2.31. The van der Waals surface area contributed by atoms with Gasteiger partial charge in [-0.05, 0) is 0 Å². The highest BCUT2D eigenvalue weighted by molar-refractivity contribution is 6.35. The number of hydrogen-bond donors (Lipinski definition) is 2. The molecule has 0 radical (unpaired) electrons. The molecule has 1 unspecified atom stereocenters. The van der Waals surface area contributed by atoms with Gasteiger partial charge in [0, 0.05) is 18.0 Å². The second kappa shape index (κ2) is 4.05. The molecule has 0 saturated carbocycles. The van der Waals surface area contributed by atoms with Crippen molar-refractivity contribution in [3.8, 4) is 0 Å². The first-order chi connectivity index (χ1) is 5.66. The molecule has 1 rings (SSSR count). The van der Waals surface area contributed by atoms with Crippen molar-refractivity contribution in [2.24, 2.45) is 5.73 Å². The van der Waals surface area contributed by atoms with Crippen LogP contribution in [-0.2, 0) is 0 Å². The number of aliphatic hydroxyl groups excluding tert-OH is 1. The van der Waals surface area contributed by atoms with Crippen LogP contribution in [0, 0.1) is 0 Å². The van der Waals surface area contributed by atoms with Crippen LogP contribution < -0.4 is 5.73 Å². The highest BCUT2D eigenvalue weighted by Crippen LogP contribution is 2.27. The smallest absolute Gasteiger partial charge is 0.0652 e. The molecule has 1 aromatic rings. The Kier molecular flexibility index (Phi) is 3.29. The van der Waals surface area contributed by atoms with Crippen LogP contribution in [0.1, 0.15) is 11.6 Å². The van der Waals surface area contributed by atoms with Gasteiger partial charge in [-0.15, -0.1) is 0 Å². The summed E-state index contributed by atoms with van der Waals surface area (Å²) in [6, 6.07) is -0.548. The first-order valence-corrected chi connectivity index (χ1v) is 4.07. The fraction of sp³-hybridized carbons (Fsp3) is 0.286. The van der Waals surface area contributed by atoms with Crippen LogP contribution >= 0.6 is 23.2 Å². The lowest BCUT2D eigenvalue weighted by Gasteiger charge is -2.11. The Balaban J connectivity index is 3.12. The number of halogens is 2. The zero-order chi connectivity index (χ0) is 9.14. The van der Waals surface area contributed by atoms with Gasteiger partial charge in [0.15, 0.2) is 0 Å². The molecule has 0 spiro atoms. The van der Waals surface area contributed by atoms with Crippen LogP contribution in [0.3, 0.4) is 0 Å². The minimum absolute atomic E-state index is 0.191. The standard InChI is InChI=1S/C7H8Cl2N2O/c8-4-1-11-2-5(9)7(4)6(10)3-12/h1-2,6,12H,3,10H2. The molecule has 0 aromatic carbocycles. The molecule has 3 N–H and O–H groups in total. The number of pyridine rings is 1. The molecule has 1 atom stereocenters. The van der Waals surface area contributed by atoms with Gasteiger partial charge < -0.3 is 10.8 Å². The highest BCUT2D eigenvalue weighted by Gasteiger charge is 2.12. The van der Waals surface area contributed by atoms with Crippen molar-refractivity contribution >= 4 is 23.2 Å². The quantitative estimate of drug-likeness (QED) is 0.770. The van der Waals surface area contributed by atoms with E-state index in [1.807, 2.05) is 0 Å².